The SMILES string of the molecule is CCC(C)SP(=O)(NC=S)NC(=O)NS(=O)(=O)c1ccc(C)cc1. The van der Waals surface area contributed by atoms with E-state index >= 15 is 0 Å². The highest BCUT2D eigenvalue weighted by Gasteiger charge is 2.28. The van der Waals surface area contributed by atoms with Gasteiger partial charge in [-0.1, -0.05) is 55.1 Å². The van der Waals surface area contributed by atoms with Crippen LogP contribution in [0.25, 0.3) is 0 Å². The first-order chi connectivity index (χ1) is 11.1. The zero-order valence-corrected chi connectivity index (χ0v) is 16.8. The molecule has 24 heavy (non-hydrogen) atoms. The third-order valence-corrected chi connectivity index (χ3v) is 9.09. The monoisotopic (exact) mass is 409 g/mol. The van der Waals surface area contributed by atoms with Crippen LogP contribution in [0.1, 0.15) is 25.8 Å². The van der Waals surface area contributed by atoms with Crippen molar-refractivity contribution in [3.05, 3.63) is 29.8 Å². The molecule has 134 valence electrons. The normalized spacial score (nSPS) is 15.0. The van der Waals surface area contributed by atoms with Crippen LogP contribution < -0.4 is 14.9 Å². The van der Waals surface area contributed by atoms with Crippen molar-refractivity contribution in [2.45, 2.75) is 37.3 Å². The Morgan fingerprint density at radius 1 is 1.38 bits per heavy atom. The molecule has 1 aromatic rings. The second-order valence-corrected chi connectivity index (χ2v) is 11.7. The third kappa shape index (κ3) is 6.43. The van der Waals surface area contributed by atoms with Crippen LogP contribution in [-0.2, 0) is 14.6 Å². The van der Waals surface area contributed by atoms with Gasteiger partial charge in [0.05, 0.1) is 10.4 Å². The van der Waals surface area contributed by atoms with E-state index < -0.39 is 22.7 Å². The Kier molecular flexibility index (Phi) is 7.72. The number of sulfonamides is 1. The van der Waals surface area contributed by atoms with Crippen molar-refractivity contribution in [3.8, 4) is 0 Å². The molecule has 2 amide bonds. The molecule has 0 bridgehead atoms. The molecular weight excluding hydrogens is 389 g/mol. The van der Waals surface area contributed by atoms with Crippen LogP contribution in [0.5, 0.6) is 0 Å². The Balaban J connectivity index is 2.86. The van der Waals surface area contributed by atoms with E-state index in [0.717, 1.165) is 28.9 Å². The molecular formula is C13H20N3O4PS3. The Morgan fingerprint density at radius 3 is 2.46 bits per heavy atom. The lowest BCUT2D eigenvalue weighted by Crippen LogP contribution is -2.39. The number of nitrogens with one attached hydrogen (secondary N) is 3. The molecule has 3 N–H and O–H groups in total. The number of amides is 2. The van der Waals surface area contributed by atoms with E-state index in [0.29, 0.717) is 0 Å². The molecule has 1 aromatic carbocycles. The van der Waals surface area contributed by atoms with Gasteiger partial charge in [-0.3, -0.25) is 9.65 Å². The van der Waals surface area contributed by atoms with Crippen LogP contribution >= 0.6 is 30.2 Å². The first-order valence-corrected chi connectivity index (χ1v) is 12.2. The van der Waals surface area contributed by atoms with Gasteiger partial charge in [0, 0.05) is 5.25 Å². The van der Waals surface area contributed by atoms with Crippen molar-refractivity contribution >= 4 is 51.8 Å². The first-order valence-electron chi connectivity index (χ1n) is 7.03. The van der Waals surface area contributed by atoms with E-state index in [1.54, 1.807) is 12.1 Å². The fraction of sp³-hybridized carbons (Fsp3) is 0.385. The number of thiocarbonyl (C=S) groups is 1. The highest BCUT2D eigenvalue weighted by Crippen LogP contribution is 2.53. The standard InChI is InChI=1S/C13H20N3O4PS3/c1-4-11(3)23-21(18,14-9-22)15-13(17)16-24(19,20)12-7-5-10(2)6-8-12/h5-9,11H,4H2,1-3H3,(H3,14,15,16,17,18,22). The van der Waals surface area contributed by atoms with E-state index in [2.05, 4.69) is 22.4 Å². The van der Waals surface area contributed by atoms with E-state index in [9.17, 15) is 17.8 Å². The number of urea groups is 1. The van der Waals surface area contributed by atoms with E-state index in [-0.39, 0.29) is 10.1 Å². The predicted molar refractivity (Wildman–Crippen MR) is 102 cm³/mol. The van der Waals surface area contributed by atoms with Gasteiger partial charge in [0.15, 0.2) is 0 Å². The van der Waals surface area contributed by atoms with Crippen LogP contribution in [0.3, 0.4) is 0 Å². The summed E-state index contributed by atoms with van der Waals surface area (Å²) in [6, 6.07) is 4.91. The minimum absolute atomic E-state index is 0.0210. The van der Waals surface area contributed by atoms with Crippen LogP contribution in [0.2, 0.25) is 0 Å². The lowest BCUT2D eigenvalue weighted by Gasteiger charge is -2.21. The minimum Gasteiger partial charge on any atom is -0.309 e. The topological polar surface area (TPSA) is 104 Å². The molecule has 7 nitrogen and oxygen atoms in total. The number of aryl methyl sites for hydroxylation is 1. The molecule has 11 heteroatoms. The molecule has 2 unspecified atom stereocenters. The molecule has 0 radical (unpaired) electrons. The Hall–Kier alpha value is -1.09. The van der Waals surface area contributed by atoms with Crippen molar-refractivity contribution in [2.75, 3.05) is 0 Å². The van der Waals surface area contributed by atoms with Crippen LogP contribution in [-0.4, -0.2) is 25.2 Å². The third-order valence-electron chi connectivity index (χ3n) is 2.93. The average molecular weight is 409 g/mol. The van der Waals surface area contributed by atoms with Crippen molar-refractivity contribution in [1.29, 1.82) is 0 Å². The summed E-state index contributed by atoms with van der Waals surface area (Å²) in [4.78, 5) is 11.9. The fourth-order valence-corrected chi connectivity index (χ4v) is 7.18. The van der Waals surface area contributed by atoms with Gasteiger partial charge in [-0.05, 0) is 25.5 Å². The fourth-order valence-electron chi connectivity index (χ4n) is 1.54. The van der Waals surface area contributed by atoms with Gasteiger partial charge in [0.1, 0.15) is 0 Å². The van der Waals surface area contributed by atoms with Gasteiger partial charge in [-0.25, -0.2) is 17.9 Å². The summed E-state index contributed by atoms with van der Waals surface area (Å²) in [5.74, 6) is 0. The van der Waals surface area contributed by atoms with E-state index in [1.165, 1.54) is 12.1 Å². The summed E-state index contributed by atoms with van der Waals surface area (Å²) in [7, 11) is -4.05. The number of hydrogen-bond acceptors (Lipinski definition) is 6. The van der Waals surface area contributed by atoms with Gasteiger partial charge in [0.25, 0.3) is 10.0 Å². The molecule has 0 spiro atoms. The zero-order chi connectivity index (χ0) is 18.4. The summed E-state index contributed by atoms with van der Waals surface area (Å²) in [5.41, 5.74) is 1.92. The minimum atomic E-state index is -4.05. The molecule has 0 aromatic heterocycles. The molecule has 0 aliphatic heterocycles. The van der Waals surface area contributed by atoms with Gasteiger partial charge < -0.3 is 5.09 Å². The van der Waals surface area contributed by atoms with E-state index in [1.807, 2.05) is 25.5 Å². The summed E-state index contributed by atoms with van der Waals surface area (Å²) < 4.78 is 38.8. The molecule has 0 aliphatic carbocycles. The van der Waals surface area contributed by atoms with Gasteiger partial charge in [-0.15, -0.1) is 0 Å². The van der Waals surface area contributed by atoms with Crippen LogP contribution in [0.15, 0.2) is 29.2 Å². The largest absolute Gasteiger partial charge is 0.336 e. The predicted octanol–water partition coefficient (Wildman–Crippen LogP) is 3.17. The maximum atomic E-state index is 12.6. The lowest BCUT2D eigenvalue weighted by molar-refractivity contribution is 0.250. The Labute approximate surface area is 151 Å². The number of rotatable bonds is 8. The summed E-state index contributed by atoms with van der Waals surface area (Å²) in [6.07, 6.45) is 0.721. The van der Waals surface area contributed by atoms with Gasteiger partial charge >= 0.3 is 12.7 Å². The van der Waals surface area contributed by atoms with E-state index in [4.69, 9.17) is 0 Å². The molecule has 0 saturated heterocycles. The quantitative estimate of drug-likeness (QED) is 0.447. The summed E-state index contributed by atoms with van der Waals surface area (Å²) in [6.45, 7) is 2.10. The number of benzene rings is 1. The van der Waals surface area contributed by atoms with Gasteiger partial charge in [-0.2, -0.15) is 0 Å². The maximum absolute atomic E-state index is 12.6. The lowest BCUT2D eigenvalue weighted by atomic mass is 10.2. The second-order valence-electron chi connectivity index (χ2n) is 4.98. The second kappa shape index (κ2) is 8.84. The number of carbonyl (C=O) groups excluding carboxylic acids is 1. The van der Waals surface area contributed by atoms with Crippen LogP contribution in [0.4, 0.5) is 4.79 Å². The summed E-state index contributed by atoms with van der Waals surface area (Å²) in [5, 5.41) is 4.59. The smallest absolute Gasteiger partial charge is 0.309 e. The molecule has 0 aliphatic rings. The average Bonchev–Trinajstić information content (AvgIpc) is 2.46. The van der Waals surface area contributed by atoms with Crippen molar-refractivity contribution in [1.82, 2.24) is 14.9 Å². The Morgan fingerprint density at radius 2 is 1.96 bits per heavy atom. The molecule has 0 fully saturated rings. The Bertz CT molecular complexity index is 737. The number of carbonyl (C=O) groups is 1. The molecule has 0 saturated carbocycles. The molecule has 0 heterocycles. The van der Waals surface area contributed by atoms with Crippen LogP contribution in [0, 0.1) is 6.92 Å². The highest BCUT2D eigenvalue weighted by atomic mass is 32.7. The van der Waals surface area contributed by atoms with Crippen molar-refractivity contribution < 1.29 is 17.8 Å². The zero-order valence-electron chi connectivity index (χ0n) is 13.5. The van der Waals surface area contributed by atoms with Crippen molar-refractivity contribution in [2.24, 2.45) is 0 Å². The highest BCUT2D eigenvalue weighted by molar-refractivity contribution is 8.57. The molecule has 2 atom stereocenters. The number of hydrogen-bond donors (Lipinski definition) is 3. The van der Waals surface area contributed by atoms with Gasteiger partial charge in [0.2, 0.25) is 0 Å². The van der Waals surface area contributed by atoms with Crippen molar-refractivity contribution in [3.63, 3.8) is 0 Å². The maximum Gasteiger partial charge on any atom is 0.336 e. The molecule has 1 rings (SSSR count). The first kappa shape index (κ1) is 21.0. The summed E-state index contributed by atoms with van der Waals surface area (Å²) >= 11 is 5.63.